The van der Waals surface area contributed by atoms with Gasteiger partial charge in [0.05, 0.1) is 17.5 Å². The maximum absolute atomic E-state index is 13.1. The SMILES string of the molecule is COc1cccc(NC(=O)Cn2c(=O)oc3cc(S(=O)(=O)N4CCCC[C@@H]4C)ccc32)c1. The van der Waals surface area contributed by atoms with Crippen LogP contribution >= 0.6 is 0 Å². The molecule has 1 aliphatic heterocycles. The third-order valence-corrected chi connectivity index (χ3v) is 7.65. The minimum absolute atomic E-state index is 0.0699. The van der Waals surface area contributed by atoms with Crippen LogP contribution in [-0.2, 0) is 21.4 Å². The van der Waals surface area contributed by atoms with E-state index in [1.807, 2.05) is 6.92 Å². The van der Waals surface area contributed by atoms with Crippen molar-refractivity contribution in [1.29, 1.82) is 0 Å². The fraction of sp³-hybridized carbons (Fsp3) is 0.364. The van der Waals surface area contributed by atoms with Crippen molar-refractivity contribution in [3.8, 4) is 5.75 Å². The standard InChI is InChI=1S/C22H25N3O6S/c1-15-6-3-4-11-25(15)32(28,29)18-9-10-19-20(13-18)31-22(27)24(19)14-21(26)23-16-7-5-8-17(12-16)30-2/h5,7-10,12-13,15H,3-4,6,11,14H2,1-2H3,(H,23,26)/t15-/m0/s1. The second kappa shape index (κ2) is 8.79. The molecular weight excluding hydrogens is 434 g/mol. The summed E-state index contributed by atoms with van der Waals surface area (Å²) in [7, 11) is -2.18. The van der Waals surface area contributed by atoms with Gasteiger partial charge < -0.3 is 14.5 Å². The molecule has 9 nitrogen and oxygen atoms in total. The Hall–Kier alpha value is -3.11. The number of hydrogen-bond donors (Lipinski definition) is 1. The van der Waals surface area contributed by atoms with Crippen LogP contribution in [0, 0.1) is 0 Å². The number of nitrogens with zero attached hydrogens (tertiary/aromatic N) is 2. The van der Waals surface area contributed by atoms with Gasteiger partial charge >= 0.3 is 5.76 Å². The van der Waals surface area contributed by atoms with Crippen LogP contribution in [0.15, 0.2) is 56.6 Å². The topological polar surface area (TPSA) is 111 Å². The lowest BCUT2D eigenvalue weighted by Gasteiger charge is -2.32. The molecule has 0 spiro atoms. The average Bonchev–Trinajstić information content (AvgIpc) is 3.08. The van der Waals surface area contributed by atoms with Crippen LogP contribution in [0.5, 0.6) is 5.75 Å². The molecule has 0 bridgehead atoms. The second-order valence-corrected chi connectivity index (χ2v) is 9.71. The van der Waals surface area contributed by atoms with E-state index in [2.05, 4.69) is 5.32 Å². The van der Waals surface area contributed by atoms with E-state index in [-0.39, 0.29) is 23.1 Å². The van der Waals surface area contributed by atoms with Crippen molar-refractivity contribution in [3.05, 3.63) is 53.0 Å². The summed E-state index contributed by atoms with van der Waals surface area (Å²) in [4.78, 5) is 24.9. The first kappa shape index (κ1) is 22.1. The molecule has 1 fully saturated rings. The Bertz CT molecular complexity index is 1310. The largest absolute Gasteiger partial charge is 0.497 e. The van der Waals surface area contributed by atoms with Crippen LogP contribution in [0.1, 0.15) is 26.2 Å². The lowest BCUT2D eigenvalue weighted by molar-refractivity contribution is -0.116. The van der Waals surface area contributed by atoms with Crippen molar-refractivity contribution in [1.82, 2.24) is 8.87 Å². The molecule has 2 aromatic carbocycles. The van der Waals surface area contributed by atoms with Crippen molar-refractivity contribution in [3.63, 3.8) is 0 Å². The first-order valence-corrected chi connectivity index (χ1v) is 11.8. The van der Waals surface area contributed by atoms with Gasteiger partial charge in [-0.15, -0.1) is 0 Å². The van der Waals surface area contributed by atoms with Gasteiger partial charge in [-0.1, -0.05) is 12.5 Å². The fourth-order valence-corrected chi connectivity index (χ4v) is 5.68. The van der Waals surface area contributed by atoms with Crippen LogP contribution in [0.25, 0.3) is 11.1 Å². The predicted molar refractivity (Wildman–Crippen MR) is 119 cm³/mol. The average molecular weight is 460 g/mol. The van der Waals surface area contributed by atoms with E-state index in [1.54, 1.807) is 24.3 Å². The zero-order valence-electron chi connectivity index (χ0n) is 17.9. The molecule has 4 rings (SSSR count). The number of oxazole rings is 1. The minimum atomic E-state index is -3.71. The van der Waals surface area contributed by atoms with E-state index in [0.717, 1.165) is 19.3 Å². The monoisotopic (exact) mass is 459 g/mol. The molecule has 10 heteroatoms. The van der Waals surface area contributed by atoms with E-state index >= 15 is 0 Å². The molecule has 0 aliphatic carbocycles. The minimum Gasteiger partial charge on any atom is -0.497 e. The highest BCUT2D eigenvalue weighted by Gasteiger charge is 2.31. The Labute approximate surface area is 185 Å². The van der Waals surface area contributed by atoms with Gasteiger partial charge in [0.15, 0.2) is 5.58 Å². The number of rotatable bonds is 6. The summed E-state index contributed by atoms with van der Waals surface area (Å²) in [6.45, 7) is 2.09. The highest BCUT2D eigenvalue weighted by atomic mass is 32.2. The Kier molecular flexibility index (Phi) is 6.07. The zero-order valence-corrected chi connectivity index (χ0v) is 18.7. The van der Waals surface area contributed by atoms with Gasteiger partial charge in [-0.25, -0.2) is 13.2 Å². The molecule has 170 valence electrons. The third kappa shape index (κ3) is 4.28. The molecule has 2 heterocycles. The molecule has 0 unspecified atom stereocenters. The van der Waals surface area contributed by atoms with Crippen molar-refractivity contribution < 1.29 is 22.4 Å². The third-order valence-electron chi connectivity index (χ3n) is 5.64. The number of aromatic nitrogens is 1. The van der Waals surface area contributed by atoms with Gasteiger partial charge in [0.25, 0.3) is 0 Å². The Balaban J connectivity index is 1.58. The number of nitrogens with one attached hydrogen (secondary N) is 1. The van der Waals surface area contributed by atoms with Gasteiger partial charge in [0.2, 0.25) is 15.9 Å². The smallest absolute Gasteiger partial charge is 0.420 e. The molecule has 32 heavy (non-hydrogen) atoms. The van der Waals surface area contributed by atoms with Crippen molar-refractivity contribution in [2.75, 3.05) is 19.0 Å². The predicted octanol–water partition coefficient (Wildman–Crippen LogP) is 2.80. The van der Waals surface area contributed by atoms with Crippen LogP contribution in [-0.4, -0.2) is 42.9 Å². The van der Waals surface area contributed by atoms with E-state index in [1.165, 1.54) is 34.2 Å². The number of piperidine rings is 1. The normalized spacial score (nSPS) is 17.4. The number of hydrogen-bond acceptors (Lipinski definition) is 6. The lowest BCUT2D eigenvalue weighted by Crippen LogP contribution is -2.41. The van der Waals surface area contributed by atoms with E-state index < -0.39 is 21.7 Å². The fourth-order valence-electron chi connectivity index (χ4n) is 3.97. The summed E-state index contributed by atoms with van der Waals surface area (Å²) in [5.74, 6) is -0.575. The molecule has 1 aliphatic rings. The number of amides is 1. The van der Waals surface area contributed by atoms with Crippen molar-refractivity contribution in [2.45, 2.75) is 43.7 Å². The van der Waals surface area contributed by atoms with Crippen molar-refractivity contribution in [2.24, 2.45) is 0 Å². The lowest BCUT2D eigenvalue weighted by atomic mass is 10.1. The van der Waals surface area contributed by atoms with E-state index in [9.17, 15) is 18.0 Å². The van der Waals surface area contributed by atoms with Gasteiger partial charge in [-0.05, 0) is 44.0 Å². The summed E-state index contributed by atoms with van der Waals surface area (Å²) in [6, 6.07) is 11.1. The highest BCUT2D eigenvalue weighted by molar-refractivity contribution is 7.89. The summed E-state index contributed by atoms with van der Waals surface area (Å²) in [6.07, 6.45) is 2.64. The van der Waals surface area contributed by atoms with Gasteiger partial charge in [-0.2, -0.15) is 4.31 Å². The first-order valence-electron chi connectivity index (χ1n) is 10.4. The number of benzene rings is 2. The summed E-state index contributed by atoms with van der Waals surface area (Å²) in [5, 5.41) is 2.71. The highest BCUT2D eigenvalue weighted by Crippen LogP contribution is 2.27. The zero-order chi connectivity index (χ0) is 22.9. The molecule has 3 aromatic rings. The Morgan fingerprint density at radius 1 is 1.22 bits per heavy atom. The molecular formula is C22H25N3O6S. The van der Waals surface area contributed by atoms with Crippen LogP contribution in [0.4, 0.5) is 5.69 Å². The van der Waals surface area contributed by atoms with E-state index in [4.69, 9.17) is 9.15 Å². The number of sulfonamides is 1. The summed E-state index contributed by atoms with van der Waals surface area (Å²) < 4.78 is 39.2. The maximum atomic E-state index is 13.1. The molecule has 0 saturated carbocycles. The number of carbonyl (C=O) groups excluding carboxylic acids is 1. The summed E-state index contributed by atoms with van der Waals surface area (Å²) >= 11 is 0. The van der Waals surface area contributed by atoms with Crippen molar-refractivity contribution >= 4 is 32.7 Å². The molecule has 1 N–H and O–H groups in total. The molecule has 0 radical (unpaired) electrons. The Morgan fingerprint density at radius 2 is 2.03 bits per heavy atom. The van der Waals surface area contributed by atoms with Gasteiger partial charge in [-0.3, -0.25) is 9.36 Å². The van der Waals surface area contributed by atoms with Crippen LogP contribution in [0.3, 0.4) is 0 Å². The molecule has 1 atom stereocenters. The number of methoxy groups -OCH3 is 1. The number of fused-ring (bicyclic) bond motifs is 1. The Morgan fingerprint density at radius 3 is 2.78 bits per heavy atom. The second-order valence-electron chi connectivity index (χ2n) is 7.82. The van der Waals surface area contributed by atoms with Crippen LogP contribution < -0.4 is 15.8 Å². The molecule has 1 amide bonds. The quantitative estimate of drug-likeness (QED) is 0.607. The number of carbonyl (C=O) groups is 1. The van der Waals surface area contributed by atoms with Gasteiger partial charge in [0.1, 0.15) is 12.3 Å². The first-order chi connectivity index (χ1) is 15.3. The maximum Gasteiger partial charge on any atom is 0.420 e. The van der Waals surface area contributed by atoms with Gasteiger partial charge in [0, 0.05) is 30.4 Å². The number of anilines is 1. The van der Waals surface area contributed by atoms with Crippen LogP contribution in [0.2, 0.25) is 0 Å². The molecule has 1 saturated heterocycles. The van der Waals surface area contributed by atoms with E-state index in [0.29, 0.717) is 23.5 Å². The summed E-state index contributed by atoms with van der Waals surface area (Å²) in [5.41, 5.74) is 0.996. The number of ether oxygens (including phenoxy) is 1. The molecule has 1 aromatic heterocycles.